The molecule has 0 aromatic heterocycles. The predicted octanol–water partition coefficient (Wildman–Crippen LogP) is 1.48. The molecule has 6 nitrogen and oxygen atoms in total. The Hall–Kier alpha value is -1.95. The highest BCUT2D eigenvalue weighted by Crippen LogP contribution is 2.18. The molecule has 114 valence electrons. The van der Waals surface area contributed by atoms with Gasteiger partial charge in [0.05, 0.1) is 6.10 Å². The van der Waals surface area contributed by atoms with Crippen LogP contribution >= 0.6 is 0 Å². The van der Waals surface area contributed by atoms with Crippen LogP contribution in [0.15, 0.2) is 23.8 Å². The summed E-state index contributed by atoms with van der Waals surface area (Å²) in [7, 11) is 0. The Bertz CT molecular complexity index is 476. The van der Waals surface area contributed by atoms with Crippen molar-refractivity contribution in [1.82, 2.24) is 9.80 Å². The Balaban J connectivity index is 2.20. The number of nitrogens with zero attached hydrogens (tertiary/aromatic N) is 2. The largest absolute Gasteiger partial charge is 0.374 e. The number of hydrogen-bond donors (Lipinski definition) is 0. The second-order valence-corrected chi connectivity index (χ2v) is 4.90. The third-order valence-electron chi connectivity index (χ3n) is 3.60. The Labute approximate surface area is 124 Å². The maximum Gasteiger partial charge on any atom is 0.333 e. The normalized spacial score (nSPS) is 23.6. The van der Waals surface area contributed by atoms with Crippen LogP contribution in [0.5, 0.6) is 0 Å². The van der Waals surface area contributed by atoms with E-state index in [1.54, 1.807) is 19.9 Å². The number of likely N-dealkylation sites (N-methyl/N-ethyl adjacent to an activating group) is 2. The topological polar surface area (TPSA) is 66.9 Å². The zero-order valence-corrected chi connectivity index (χ0v) is 12.4. The number of ether oxygens (including phenoxy) is 1. The highest BCUT2D eigenvalue weighted by Gasteiger charge is 2.39. The van der Waals surface area contributed by atoms with Gasteiger partial charge in [-0.2, -0.15) is 0 Å². The number of carbonyl (C=O) groups excluding carboxylic acids is 3. The third-order valence-corrected chi connectivity index (χ3v) is 3.60. The zero-order valence-electron chi connectivity index (χ0n) is 12.4. The molecule has 2 rings (SSSR count). The van der Waals surface area contributed by atoms with Crippen molar-refractivity contribution in [3.05, 3.63) is 23.8 Å². The van der Waals surface area contributed by atoms with Gasteiger partial charge in [-0.15, -0.1) is 0 Å². The summed E-state index contributed by atoms with van der Waals surface area (Å²) < 4.78 is 5.44. The zero-order chi connectivity index (χ0) is 15.4. The molecule has 6 heteroatoms. The fourth-order valence-electron chi connectivity index (χ4n) is 2.43. The van der Waals surface area contributed by atoms with E-state index < -0.39 is 17.8 Å². The van der Waals surface area contributed by atoms with E-state index in [4.69, 9.17) is 4.74 Å². The molecule has 2 aliphatic heterocycles. The summed E-state index contributed by atoms with van der Waals surface area (Å²) >= 11 is 0. The molecule has 1 atom stereocenters. The molecule has 2 aliphatic rings. The van der Waals surface area contributed by atoms with Gasteiger partial charge in [-0.1, -0.05) is 12.2 Å². The molecular weight excluding hydrogens is 272 g/mol. The number of urea groups is 1. The van der Waals surface area contributed by atoms with Crippen molar-refractivity contribution in [2.45, 2.75) is 32.8 Å². The van der Waals surface area contributed by atoms with Crippen molar-refractivity contribution in [3.8, 4) is 0 Å². The van der Waals surface area contributed by atoms with Gasteiger partial charge in [0, 0.05) is 19.7 Å². The van der Waals surface area contributed by atoms with Crippen molar-refractivity contribution in [2.75, 3.05) is 19.7 Å². The van der Waals surface area contributed by atoms with Gasteiger partial charge in [0.15, 0.2) is 0 Å². The highest BCUT2D eigenvalue weighted by atomic mass is 16.5. The van der Waals surface area contributed by atoms with E-state index in [0.29, 0.717) is 0 Å². The van der Waals surface area contributed by atoms with Crippen LogP contribution in [-0.2, 0) is 14.3 Å². The summed E-state index contributed by atoms with van der Waals surface area (Å²) in [6.45, 7) is 4.65. The lowest BCUT2D eigenvalue weighted by Gasteiger charge is -2.32. The van der Waals surface area contributed by atoms with Crippen molar-refractivity contribution < 1.29 is 19.1 Å². The van der Waals surface area contributed by atoms with Crippen molar-refractivity contribution >= 4 is 17.8 Å². The number of barbiturate groups is 1. The highest BCUT2D eigenvalue weighted by molar-refractivity contribution is 6.28. The minimum absolute atomic E-state index is 0.0209. The van der Waals surface area contributed by atoms with Gasteiger partial charge >= 0.3 is 6.03 Å². The lowest BCUT2D eigenvalue weighted by atomic mass is 10.1. The molecule has 0 aliphatic carbocycles. The molecule has 0 spiro atoms. The summed E-state index contributed by atoms with van der Waals surface area (Å²) in [6.07, 6.45) is 6.99. The summed E-state index contributed by atoms with van der Waals surface area (Å²) in [5.41, 5.74) is 0.0209. The van der Waals surface area contributed by atoms with E-state index in [2.05, 4.69) is 0 Å². The first-order chi connectivity index (χ1) is 10.1. The van der Waals surface area contributed by atoms with Gasteiger partial charge in [-0.3, -0.25) is 19.4 Å². The first-order valence-corrected chi connectivity index (χ1v) is 7.27. The standard InChI is InChI=1S/C15H20N2O4/c1-3-16-13(18)12(14(19)17(4-2)15(16)20)9-5-7-11-8-6-10-21-11/h5,7,9,11H,3-4,6,8,10H2,1-2H3. The molecule has 0 radical (unpaired) electrons. The molecule has 0 aromatic carbocycles. The second-order valence-electron chi connectivity index (χ2n) is 4.90. The fraction of sp³-hybridized carbons (Fsp3) is 0.533. The van der Waals surface area contributed by atoms with Crippen LogP contribution < -0.4 is 0 Å². The lowest BCUT2D eigenvalue weighted by Crippen LogP contribution is -2.56. The van der Waals surface area contributed by atoms with Gasteiger partial charge in [0.1, 0.15) is 5.57 Å². The van der Waals surface area contributed by atoms with E-state index in [0.717, 1.165) is 29.2 Å². The van der Waals surface area contributed by atoms with Crippen LogP contribution in [0.4, 0.5) is 4.79 Å². The SMILES string of the molecule is CCN1C(=O)C(=CC=CC2CCCO2)C(=O)N(CC)C1=O. The van der Waals surface area contributed by atoms with Crippen LogP contribution in [0.2, 0.25) is 0 Å². The second kappa shape index (κ2) is 6.67. The number of hydrogen-bond acceptors (Lipinski definition) is 4. The van der Waals surface area contributed by atoms with Gasteiger partial charge < -0.3 is 4.74 Å². The molecule has 0 N–H and O–H groups in total. The Kier molecular flexibility index (Phi) is 4.90. The average molecular weight is 292 g/mol. The quantitative estimate of drug-likeness (QED) is 0.581. The van der Waals surface area contributed by atoms with Gasteiger partial charge in [-0.25, -0.2) is 4.79 Å². The summed E-state index contributed by atoms with van der Waals surface area (Å²) in [5, 5.41) is 0. The Morgan fingerprint density at radius 1 is 1.14 bits per heavy atom. The fourth-order valence-corrected chi connectivity index (χ4v) is 2.43. The Morgan fingerprint density at radius 2 is 1.76 bits per heavy atom. The van der Waals surface area contributed by atoms with E-state index in [1.165, 1.54) is 6.08 Å². The molecule has 21 heavy (non-hydrogen) atoms. The molecule has 4 amide bonds. The van der Waals surface area contributed by atoms with E-state index in [1.807, 2.05) is 6.08 Å². The van der Waals surface area contributed by atoms with Crippen LogP contribution in [0.25, 0.3) is 0 Å². The number of carbonyl (C=O) groups is 3. The number of imide groups is 2. The monoisotopic (exact) mass is 292 g/mol. The number of amides is 4. The molecular formula is C15H20N2O4. The number of rotatable bonds is 4. The minimum atomic E-state index is -0.546. The van der Waals surface area contributed by atoms with Crippen LogP contribution in [0.3, 0.4) is 0 Å². The van der Waals surface area contributed by atoms with Crippen molar-refractivity contribution in [3.63, 3.8) is 0 Å². The molecule has 0 saturated carbocycles. The first kappa shape index (κ1) is 15.4. The van der Waals surface area contributed by atoms with Gasteiger partial charge in [-0.05, 0) is 32.8 Å². The van der Waals surface area contributed by atoms with Gasteiger partial charge in [0.2, 0.25) is 0 Å². The van der Waals surface area contributed by atoms with Crippen LogP contribution in [0, 0.1) is 0 Å². The maximum atomic E-state index is 12.2. The van der Waals surface area contributed by atoms with Crippen LogP contribution in [0.1, 0.15) is 26.7 Å². The predicted molar refractivity (Wildman–Crippen MR) is 76.4 cm³/mol. The number of allylic oxidation sites excluding steroid dienone is 2. The van der Waals surface area contributed by atoms with E-state index >= 15 is 0 Å². The Morgan fingerprint density at radius 3 is 2.24 bits per heavy atom. The first-order valence-electron chi connectivity index (χ1n) is 7.27. The maximum absolute atomic E-state index is 12.2. The summed E-state index contributed by atoms with van der Waals surface area (Å²) in [6, 6.07) is -0.546. The average Bonchev–Trinajstić information content (AvgIpc) is 2.97. The molecule has 0 aromatic rings. The van der Waals surface area contributed by atoms with Gasteiger partial charge in [0.25, 0.3) is 11.8 Å². The van der Waals surface area contributed by atoms with E-state index in [-0.39, 0.29) is 24.8 Å². The molecule has 2 heterocycles. The van der Waals surface area contributed by atoms with Crippen molar-refractivity contribution in [2.24, 2.45) is 0 Å². The molecule has 2 fully saturated rings. The smallest absolute Gasteiger partial charge is 0.333 e. The third kappa shape index (κ3) is 3.05. The van der Waals surface area contributed by atoms with Crippen LogP contribution in [-0.4, -0.2) is 53.4 Å². The van der Waals surface area contributed by atoms with E-state index in [9.17, 15) is 14.4 Å². The minimum Gasteiger partial charge on any atom is -0.374 e. The molecule has 1 unspecified atom stereocenters. The summed E-state index contributed by atoms with van der Waals surface area (Å²) in [4.78, 5) is 38.5. The van der Waals surface area contributed by atoms with Crippen molar-refractivity contribution in [1.29, 1.82) is 0 Å². The summed E-state index contributed by atoms with van der Waals surface area (Å²) in [5.74, 6) is -1.07. The lowest BCUT2D eigenvalue weighted by molar-refractivity contribution is -0.135. The molecule has 0 bridgehead atoms. The molecule has 2 saturated heterocycles.